The Bertz CT molecular complexity index is 837. The van der Waals surface area contributed by atoms with Crippen molar-refractivity contribution < 1.29 is 13.9 Å². The van der Waals surface area contributed by atoms with Crippen LogP contribution in [0.25, 0.3) is 0 Å². The lowest BCUT2D eigenvalue weighted by molar-refractivity contribution is 0.0944. The van der Waals surface area contributed by atoms with Gasteiger partial charge in [0.15, 0.2) is 0 Å². The van der Waals surface area contributed by atoms with E-state index in [9.17, 15) is 4.79 Å². The number of amides is 1. The number of para-hydroxylation sites is 1. The van der Waals surface area contributed by atoms with Gasteiger partial charge in [0.2, 0.25) is 5.89 Å². The molecule has 1 aromatic heterocycles. The van der Waals surface area contributed by atoms with Crippen molar-refractivity contribution in [2.45, 2.75) is 27.0 Å². The Morgan fingerprint density at radius 3 is 2.52 bits per heavy atom. The lowest BCUT2D eigenvalue weighted by atomic mass is 10.1. The quantitative estimate of drug-likeness (QED) is 0.743. The molecule has 2 aromatic carbocycles. The number of nitrogens with zero attached hydrogens (tertiary/aromatic N) is 1. The van der Waals surface area contributed by atoms with Gasteiger partial charge in [-0.15, -0.1) is 0 Å². The van der Waals surface area contributed by atoms with Crippen LogP contribution in [0.1, 0.15) is 33.3 Å². The van der Waals surface area contributed by atoms with E-state index in [0.29, 0.717) is 18.1 Å². The van der Waals surface area contributed by atoms with Crippen LogP contribution in [0.5, 0.6) is 5.75 Å². The van der Waals surface area contributed by atoms with Crippen LogP contribution in [0.15, 0.2) is 59.0 Å². The van der Waals surface area contributed by atoms with Crippen molar-refractivity contribution in [2.75, 3.05) is 0 Å². The Kier molecular flexibility index (Phi) is 5.14. The summed E-state index contributed by atoms with van der Waals surface area (Å²) < 4.78 is 11.2. The van der Waals surface area contributed by atoms with Crippen LogP contribution in [0.4, 0.5) is 0 Å². The maximum absolute atomic E-state index is 12.5. The van der Waals surface area contributed by atoms with E-state index in [1.165, 1.54) is 0 Å². The van der Waals surface area contributed by atoms with Crippen molar-refractivity contribution in [2.24, 2.45) is 0 Å². The zero-order chi connectivity index (χ0) is 17.6. The summed E-state index contributed by atoms with van der Waals surface area (Å²) in [5.74, 6) is 1.85. The average Bonchev–Trinajstić information content (AvgIpc) is 2.97. The molecule has 0 atom stereocenters. The van der Waals surface area contributed by atoms with Crippen LogP contribution in [0.2, 0.25) is 0 Å². The van der Waals surface area contributed by atoms with Crippen molar-refractivity contribution >= 4 is 5.91 Å². The van der Waals surface area contributed by atoms with Crippen molar-refractivity contribution in [3.8, 4) is 5.75 Å². The summed E-state index contributed by atoms with van der Waals surface area (Å²) in [5.41, 5.74) is 2.24. The molecule has 0 fully saturated rings. The van der Waals surface area contributed by atoms with Crippen LogP contribution in [-0.2, 0) is 13.2 Å². The number of hydrogen-bond acceptors (Lipinski definition) is 4. The summed E-state index contributed by atoms with van der Waals surface area (Å²) in [6, 6.07) is 16.9. The molecule has 128 valence electrons. The van der Waals surface area contributed by atoms with E-state index in [0.717, 1.165) is 22.8 Å². The largest absolute Gasteiger partial charge is 0.489 e. The number of nitrogens with one attached hydrogen (secondary N) is 1. The van der Waals surface area contributed by atoms with Gasteiger partial charge >= 0.3 is 0 Å². The van der Waals surface area contributed by atoms with Gasteiger partial charge in [-0.2, -0.15) is 0 Å². The van der Waals surface area contributed by atoms with Crippen molar-refractivity contribution in [3.05, 3.63) is 83.1 Å². The molecule has 1 N–H and O–H groups in total. The van der Waals surface area contributed by atoms with Crippen LogP contribution in [0, 0.1) is 13.8 Å². The Balaban J connectivity index is 1.65. The third-order valence-corrected chi connectivity index (χ3v) is 3.87. The van der Waals surface area contributed by atoms with E-state index >= 15 is 0 Å². The second kappa shape index (κ2) is 7.66. The topological polar surface area (TPSA) is 64.4 Å². The minimum atomic E-state index is -0.180. The Morgan fingerprint density at radius 2 is 1.80 bits per heavy atom. The van der Waals surface area contributed by atoms with E-state index in [2.05, 4.69) is 10.3 Å². The first-order chi connectivity index (χ1) is 12.1. The van der Waals surface area contributed by atoms with Gasteiger partial charge in [-0.05, 0) is 32.0 Å². The van der Waals surface area contributed by atoms with Gasteiger partial charge in [0.05, 0.1) is 12.2 Å². The van der Waals surface area contributed by atoms with Gasteiger partial charge in [0, 0.05) is 11.1 Å². The number of aryl methyl sites for hydroxylation is 2. The molecule has 3 rings (SSSR count). The number of rotatable bonds is 6. The smallest absolute Gasteiger partial charge is 0.252 e. The molecular weight excluding hydrogens is 316 g/mol. The van der Waals surface area contributed by atoms with Crippen LogP contribution < -0.4 is 10.1 Å². The summed E-state index contributed by atoms with van der Waals surface area (Å²) in [6.45, 7) is 4.30. The number of carbonyl (C=O) groups excluding carboxylic acids is 1. The predicted octanol–water partition coefficient (Wildman–Crippen LogP) is 3.80. The average molecular weight is 336 g/mol. The standard InChI is InChI=1S/C20H20N2O3/c1-14-15(2)25-19(22-14)12-21-20(23)18-11-7-6-8-16(18)13-24-17-9-4-3-5-10-17/h3-11H,12-13H2,1-2H3,(H,21,23). The lowest BCUT2D eigenvalue weighted by Crippen LogP contribution is -2.24. The molecular formula is C20H20N2O3. The summed E-state index contributed by atoms with van der Waals surface area (Å²) in [5, 5.41) is 2.84. The maximum atomic E-state index is 12.5. The van der Waals surface area contributed by atoms with Gasteiger partial charge in [-0.1, -0.05) is 36.4 Å². The molecule has 0 aliphatic carbocycles. The second-order valence-electron chi connectivity index (χ2n) is 5.69. The molecule has 5 nitrogen and oxygen atoms in total. The number of oxazole rings is 1. The molecule has 5 heteroatoms. The van der Waals surface area contributed by atoms with Crippen LogP contribution >= 0.6 is 0 Å². The van der Waals surface area contributed by atoms with E-state index < -0.39 is 0 Å². The molecule has 0 saturated carbocycles. The first-order valence-corrected chi connectivity index (χ1v) is 8.10. The fraction of sp³-hybridized carbons (Fsp3) is 0.200. The molecule has 1 heterocycles. The van der Waals surface area contributed by atoms with Crippen molar-refractivity contribution in [1.29, 1.82) is 0 Å². The van der Waals surface area contributed by atoms with Crippen molar-refractivity contribution in [1.82, 2.24) is 10.3 Å². The number of carbonyl (C=O) groups is 1. The van der Waals surface area contributed by atoms with Gasteiger partial charge in [-0.25, -0.2) is 4.98 Å². The van der Waals surface area contributed by atoms with E-state index in [1.807, 2.05) is 62.4 Å². The Hall–Kier alpha value is -3.08. The zero-order valence-corrected chi connectivity index (χ0v) is 14.3. The van der Waals surface area contributed by atoms with Crippen LogP contribution in [-0.4, -0.2) is 10.9 Å². The summed E-state index contributed by atoms with van der Waals surface area (Å²) in [7, 11) is 0. The maximum Gasteiger partial charge on any atom is 0.252 e. The SMILES string of the molecule is Cc1nc(CNC(=O)c2ccccc2COc2ccccc2)oc1C. The van der Waals surface area contributed by atoms with E-state index in [-0.39, 0.29) is 12.5 Å². The molecule has 0 bridgehead atoms. The molecule has 0 aliphatic rings. The normalized spacial score (nSPS) is 10.5. The van der Waals surface area contributed by atoms with E-state index in [1.54, 1.807) is 6.07 Å². The fourth-order valence-electron chi connectivity index (χ4n) is 2.41. The monoisotopic (exact) mass is 336 g/mol. The molecule has 0 aliphatic heterocycles. The minimum absolute atomic E-state index is 0.180. The van der Waals surface area contributed by atoms with Crippen LogP contribution in [0.3, 0.4) is 0 Å². The first kappa shape index (κ1) is 16.8. The van der Waals surface area contributed by atoms with Gasteiger partial charge in [-0.3, -0.25) is 4.79 Å². The number of ether oxygens (including phenoxy) is 1. The summed E-state index contributed by atoms with van der Waals surface area (Å²) in [6.07, 6.45) is 0. The molecule has 0 unspecified atom stereocenters. The highest BCUT2D eigenvalue weighted by Gasteiger charge is 2.13. The van der Waals surface area contributed by atoms with E-state index in [4.69, 9.17) is 9.15 Å². The molecule has 25 heavy (non-hydrogen) atoms. The summed E-state index contributed by atoms with van der Waals surface area (Å²) >= 11 is 0. The molecule has 0 saturated heterocycles. The van der Waals surface area contributed by atoms with Gasteiger partial charge in [0.25, 0.3) is 5.91 Å². The molecule has 0 spiro atoms. The number of aromatic nitrogens is 1. The minimum Gasteiger partial charge on any atom is -0.489 e. The molecule has 3 aromatic rings. The Morgan fingerprint density at radius 1 is 1.08 bits per heavy atom. The molecule has 1 amide bonds. The Labute approximate surface area is 146 Å². The number of hydrogen-bond donors (Lipinski definition) is 1. The molecule has 0 radical (unpaired) electrons. The predicted molar refractivity (Wildman–Crippen MR) is 94.4 cm³/mol. The highest BCUT2D eigenvalue weighted by atomic mass is 16.5. The zero-order valence-electron chi connectivity index (χ0n) is 14.3. The highest BCUT2D eigenvalue weighted by molar-refractivity contribution is 5.95. The summed E-state index contributed by atoms with van der Waals surface area (Å²) in [4.78, 5) is 16.8. The van der Waals surface area contributed by atoms with Gasteiger partial charge < -0.3 is 14.5 Å². The van der Waals surface area contributed by atoms with Crippen molar-refractivity contribution in [3.63, 3.8) is 0 Å². The third-order valence-electron chi connectivity index (χ3n) is 3.87. The first-order valence-electron chi connectivity index (χ1n) is 8.10. The fourth-order valence-corrected chi connectivity index (χ4v) is 2.41. The van der Waals surface area contributed by atoms with Gasteiger partial charge in [0.1, 0.15) is 18.1 Å². The second-order valence-corrected chi connectivity index (χ2v) is 5.69. The lowest BCUT2D eigenvalue weighted by Gasteiger charge is -2.11. The highest BCUT2D eigenvalue weighted by Crippen LogP contribution is 2.15. The third kappa shape index (κ3) is 4.26. The number of benzene rings is 2.